The Labute approximate surface area is 164 Å². The molecule has 0 amide bonds. The Morgan fingerprint density at radius 2 is 1.96 bits per heavy atom. The average Bonchev–Trinajstić information content (AvgIpc) is 2.93. The Kier molecular flexibility index (Phi) is 6.29. The van der Waals surface area contributed by atoms with Crippen molar-refractivity contribution in [3.8, 4) is 0 Å². The number of benzene rings is 1. The van der Waals surface area contributed by atoms with Gasteiger partial charge in [0, 0.05) is 11.1 Å². The van der Waals surface area contributed by atoms with Crippen LogP contribution in [-0.4, -0.2) is 33.5 Å². The minimum atomic E-state index is -0.226. The molecule has 0 aliphatic rings. The number of halogens is 1. The van der Waals surface area contributed by atoms with E-state index in [1.165, 1.54) is 6.07 Å². The van der Waals surface area contributed by atoms with Gasteiger partial charge in [-0.25, -0.2) is 9.37 Å². The number of nitrogens with zero attached hydrogens (tertiary/aromatic N) is 4. The molecule has 0 radical (unpaired) electrons. The van der Waals surface area contributed by atoms with Crippen LogP contribution in [-0.2, 0) is 13.1 Å². The number of hydrogen-bond donors (Lipinski definition) is 0. The molecule has 0 N–H and O–H groups in total. The largest absolute Gasteiger partial charge is 0.316 e. The monoisotopic (exact) mass is 384 g/mol. The highest BCUT2D eigenvalue weighted by atomic mass is 32.2. The molecule has 0 unspecified atom stereocenters. The molecule has 0 fully saturated rings. The molecule has 6 heteroatoms. The first kappa shape index (κ1) is 19.6. The summed E-state index contributed by atoms with van der Waals surface area (Å²) in [6.07, 6.45) is 1.81. The van der Waals surface area contributed by atoms with Crippen LogP contribution >= 0.6 is 11.8 Å². The Morgan fingerprint density at radius 1 is 1.15 bits per heavy atom. The van der Waals surface area contributed by atoms with Crippen molar-refractivity contribution >= 4 is 11.8 Å². The van der Waals surface area contributed by atoms with Gasteiger partial charge in [0.15, 0.2) is 0 Å². The van der Waals surface area contributed by atoms with Crippen molar-refractivity contribution in [1.29, 1.82) is 0 Å². The predicted molar refractivity (Wildman–Crippen MR) is 108 cm³/mol. The molecule has 3 aromatic rings. The molecule has 0 atom stereocenters. The van der Waals surface area contributed by atoms with Crippen LogP contribution in [0.4, 0.5) is 4.39 Å². The van der Waals surface area contributed by atoms with Crippen molar-refractivity contribution in [3.63, 3.8) is 0 Å². The Balaban J connectivity index is 2.07. The number of pyridine rings is 1. The Hall–Kier alpha value is -2.18. The maximum atomic E-state index is 13.7. The summed E-state index contributed by atoms with van der Waals surface area (Å²) in [5.74, 6) is 1.04. The van der Waals surface area contributed by atoms with Crippen LogP contribution in [0.1, 0.15) is 37.0 Å². The highest BCUT2D eigenvalue weighted by Gasteiger charge is 2.21. The maximum Gasteiger partial charge on any atom is 0.124 e. The molecule has 0 spiro atoms. The average molecular weight is 385 g/mol. The van der Waals surface area contributed by atoms with Crippen molar-refractivity contribution in [2.24, 2.45) is 0 Å². The van der Waals surface area contributed by atoms with Crippen LogP contribution in [0.5, 0.6) is 0 Å². The number of rotatable bonds is 7. The number of aromatic nitrogens is 3. The standard InChI is InChI=1S/C21H25FN4S/c1-15(2)20-21(27-18-10-7-8-16(22)12-18)26(19(24-20)14-25(3)4)13-17-9-5-6-11-23-17/h5-12,15H,13-14H2,1-4H3. The number of hydrogen-bond acceptors (Lipinski definition) is 4. The zero-order chi connectivity index (χ0) is 19.4. The van der Waals surface area contributed by atoms with E-state index in [-0.39, 0.29) is 11.7 Å². The second-order valence-electron chi connectivity index (χ2n) is 7.08. The molecule has 1 aromatic carbocycles. The minimum absolute atomic E-state index is 0.226. The van der Waals surface area contributed by atoms with E-state index in [1.54, 1.807) is 30.1 Å². The lowest BCUT2D eigenvalue weighted by molar-refractivity contribution is 0.380. The van der Waals surface area contributed by atoms with Crippen molar-refractivity contribution < 1.29 is 4.39 Å². The van der Waals surface area contributed by atoms with Crippen LogP contribution in [0.2, 0.25) is 0 Å². The van der Waals surface area contributed by atoms with Gasteiger partial charge in [0.25, 0.3) is 0 Å². The van der Waals surface area contributed by atoms with Gasteiger partial charge in [0.2, 0.25) is 0 Å². The molecule has 27 heavy (non-hydrogen) atoms. The normalized spacial score (nSPS) is 11.5. The van der Waals surface area contributed by atoms with Crippen LogP contribution in [0.15, 0.2) is 58.6 Å². The van der Waals surface area contributed by atoms with Crippen molar-refractivity contribution in [2.45, 2.75) is 42.8 Å². The van der Waals surface area contributed by atoms with Crippen LogP contribution in [0, 0.1) is 5.82 Å². The lowest BCUT2D eigenvalue weighted by Crippen LogP contribution is -2.16. The predicted octanol–water partition coefficient (Wildman–Crippen LogP) is 4.80. The second-order valence-corrected chi connectivity index (χ2v) is 8.14. The molecule has 3 rings (SSSR count). The Bertz CT molecular complexity index is 890. The van der Waals surface area contributed by atoms with Crippen LogP contribution < -0.4 is 0 Å². The van der Waals surface area contributed by atoms with Crippen molar-refractivity contribution in [1.82, 2.24) is 19.4 Å². The summed E-state index contributed by atoms with van der Waals surface area (Å²) >= 11 is 1.56. The van der Waals surface area contributed by atoms with Gasteiger partial charge in [-0.3, -0.25) is 4.98 Å². The first-order valence-corrected chi connectivity index (χ1v) is 9.83. The smallest absolute Gasteiger partial charge is 0.124 e. The SMILES string of the molecule is CC(C)c1nc(CN(C)C)n(Cc2ccccn2)c1Sc1cccc(F)c1. The summed E-state index contributed by atoms with van der Waals surface area (Å²) < 4.78 is 15.9. The summed E-state index contributed by atoms with van der Waals surface area (Å²) in [7, 11) is 4.07. The van der Waals surface area contributed by atoms with Gasteiger partial charge >= 0.3 is 0 Å². The molecule has 2 aromatic heterocycles. The third kappa shape index (κ3) is 4.96. The molecule has 0 saturated carbocycles. The third-order valence-corrected chi connectivity index (χ3v) is 5.20. The van der Waals surface area contributed by atoms with E-state index in [4.69, 9.17) is 4.98 Å². The molecule has 0 aliphatic heterocycles. The molecule has 2 heterocycles. The van der Waals surface area contributed by atoms with Gasteiger partial charge in [-0.15, -0.1) is 0 Å². The van der Waals surface area contributed by atoms with E-state index in [9.17, 15) is 4.39 Å². The second kappa shape index (κ2) is 8.67. The fourth-order valence-electron chi connectivity index (χ4n) is 2.85. The van der Waals surface area contributed by atoms with Gasteiger partial charge in [0.1, 0.15) is 16.7 Å². The van der Waals surface area contributed by atoms with Gasteiger partial charge in [-0.2, -0.15) is 0 Å². The first-order valence-electron chi connectivity index (χ1n) is 9.01. The zero-order valence-electron chi connectivity index (χ0n) is 16.2. The molecule has 142 valence electrons. The summed E-state index contributed by atoms with van der Waals surface area (Å²) in [5.41, 5.74) is 2.02. The highest BCUT2D eigenvalue weighted by Crippen LogP contribution is 2.35. The summed E-state index contributed by atoms with van der Waals surface area (Å²) in [5, 5.41) is 1.05. The minimum Gasteiger partial charge on any atom is -0.316 e. The lowest BCUT2D eigenvalue weighted by Gasteiger charge is -2.15. The summed E-state index contributed by atoms with van der Waals surface area (Å²) in [6, 6.07) is 12.6. The number of imidazole rings is 1. The maximum absolute atomic E-state index is 13.7. The van der Waals surface area contributed by atoms with E-state index >= 15 is 0 Å². The van der Waals surface area contributed by atoms with Gasteiger partial charge in [0.05, 0.1) is 24.5 Å². The topological polar surface area (TPSA) is 34.0 Å². The fourth-order valence-corrected chi connectivity index (χ4v) is 4.06. The van der Waals surface area contributed by atoms with Crippen molar-refractivity contribution in [2.75, 3.05) is 14.1 Å². The van der Waals surface area contributed by atoms with Crippen LogP contribution in [0.25, 0.3) is 0 Å². The van der Waals surface area contributed by atoms with Crippen LogP contribution in [0.3, 0.4) is 0 Å². The van der Waals surface area contributed by atoms with Gasteiger partial charge < -0.3 is 9.47 Å². The van der Waals surface area contributed by atoms with Crippen molar-refractivity contribution in [3.05, 3.63) is 71.7 Å². The lowest BCUT2D eigenvalue weighted by atomic mass is 10.1. The molecular formula is C21H25FN4S. The summed E-state index contributed by atoms with van der Waals surface area (Å²) in [4.78, 5) is 12.4. The van der Waals surface area contributed by atoms with E-state index in [0.29, 0.717) is 6.54 Å². The molecule has 4 nitrogen and oxygen atoms in total. The molecule has 0 aliphatic carbocycles. The zero-order valence-corrected chi connectivity index (χ0v) is 17.0. The van der Waals surface area contributed by atoms with E-state index < -0.39 is 0 Å². The molecule has 0 bridgehead atoms. The fraction of sp³-hybridized carbons (Fsp3) is 0.333. The van der Waals surface area contributed by atoms with Gasteiger partial charge in [-0.05, 0) is 50.3 Å². The van der Waals surface area contributed by atoms with E-state index in [2.05, 4.69) is 28.3 Å². The van der Waals surface area contributed by atoms with E-state index in [0.717, 1.165) is 33.7 Å². The third-order valence-electron chi connectivity index (χ3n) is 4.09. The van der Waals surface area contributed by atoms with Gasteiger partial charge in [-0.1, -0.05) is 37.7 Å². The Morgan fingerprint density at radius 3 is 2.59 bits per heavy atom. The quantitative estimate of drug-likeness (QED) is 0.586. The highest BCUT2D eigenvalue weighted by molar-refractivity contribution is 7.99. The molecular weight excluding hydrogens is 359 g/mol. The first-order chi connectivity index (χ1) is 12.9. The molecule has 0 saturated heterocycles. The van der Waals surface area contributed by atoms with E-state index in [1.807, 2.05) is 38.4 Å². The summed E-state index contributed by atoms with van der Waals surface area (Å²) in [6.45, 7) is 5.66.